The number of aliphatic imine (C=N–C) groups is 1. The summed E-state index contributed by atoms with van der Waals surface area (Å²) in [5, 5.41) is 3.85. The summed E-state index contributed by atoms with van der Waals surface area (Å²) in [6.07, 6.45) is -5.19. The lowest BCUT2D eigenvalue weighted by atomic mass is 10.1. The van der Waals surface area contributed by atoms with Crippen LogP contribution in [0.1, 0.15) is 25.8 Å². The molecule has 2 rings (SSSR count). The van der Waals surface area contributed by atoms with E-state index in [0.717, 1.165) is 0 Å². The first-order valence-electron chi connectivity index (χ1n) is 7.00. The second kappa shape index (κ2) is 6.02. The van der Waals surface area contributed by atoms with Crippen molar-refractivity contribution in [2.24, 2.45) is 10.9 Å². The molecule has 0 aromatic heterocycles. The maximum atomic E-state index is 13.5. The first-order chi connectivity index (χ1) is 10.7. The monoisotopic (exact) mass is 327 g/mol. The first-order valence-corrected chi connectivity index (χ1v) is 7.00. The third kappa shape index (κ3) is 3.35. The van der Waals surface area contributed by atoms with Gasteiger partial charge in [0.25, 0.3) is 5.91 Å². The maximum Gasteiger partial charge on any atom is 0.442 e. The Morgan fingerprint density at radius 3 is 2.43 bits per heavy atom. The summed E-state index contributed by atoms with van der Waals surface area (Å²) in [4.78, 5) is 27.3. The van der Waals surface area contributed by atoms with Crippen molar-refractivity contribution in [1.82, 2.24) is 10.6 Å². The molecule has 1 aliphatic rings. The molecule has 0 fully saturated rings. The van der Waals surface area contributed by atoms with Crippen molar-refractivity contribution >= 4 is 17.6 Å². The lowest BCUT2D eigenvalue weighted by Gasteiger charge is -2.27. The first kappa shape index (κ1) is 17.0. The van der Waals surface area contributed by atoms with E-state index >= 15 is 0 Å². The SMILES string of the molecule is CC(C)CC(=O)N[C@@]1(C(F)(F)F)N=C(c2ccccc2)NC1=O. The lowest BCUT2D eigenvalue weighted by molar-refractivity contribution is -0.197. The van der Waals surface area contributed by atoms with Gasteiger partial charge in [0.2, 0.25) is 5.91 Å². The van der Waals surface area contributed by atoms with Gasteiger partial charge in [-0.3, -0.25) is 9.59 Å². The fraction of sp³-hybridized carbons (Fsp3) is 0.400. The number of hydrogen-bond acceptors (Lipinski definition) is 3. The van der Waals surface area contributed by atoms with Gasteiger partial charge < -0.3 is 10.6 Å². The van der Waals surface area contributed by atoms with Crippen molar-refractivity contribution in [3.63, 3.8) is 0 Å². The molecule has 0 aliphatic carbocycles. The van der Waals surface area contributed by atoms with Crippen molar-refractivity contribution in [1.29, 1.82) is 0 Å². The molecule has 5 nitrogen and oxygen atoms in total. The van der Waals surface area contributed by atoms with Crippen LogP contribution in [0.3, 0.4) is 0 Å². The molecule has 1 aromatic carbocycles. The number of amides is 2. The number of halogens is 3. The molecule has 1 aliphatic heterocycles. The third-order valence-corrected chi connectivity index (χ3v) is 3.21. The highest BCUT2D eigenvalue weighted by atomic mass is 19.4. The van der Waals surface area contributed by atoms with Crippen molar-refractivity contribution in [2.45, 2.75) is 32.1 Å². The summed E-state index contributed by atoms with van der Waals surface area (Å²) >= 11 is 0. The molecule has 0 bridgehead atoms. The van der Waals surface area contributed by atoms with Gasteiger partial charge in [0.05, 0.1) is 0 Å². The number of amidine groups is 1. The minimum atomic E-state index is -5.06. The summed E-state index contributed by atoms with van der Waals surface area (Å²) in [5.41, 5.74) is -2.96. The summed E-state index contributed by atoms with van der Waals surface area (Å²) in [5.74, 6) is -2.67. The fourth-order valence-corrected chi connectivity index (χ4v) is 2.15. The van der Waals surface area contributed by atoms with E-state index in [9.17, 15) is 22.8 Å². The van der Waals surface area contributed by atoms with E-state index in [0.29, 0.717) is 5.56 Å². The summed E-state index contributed by atoms with van der Waals surface area (Å²) < 4.78 is 40.4. The Hall–Kier alpha value is -2.38. The summed E-state index contributed by atoms with van der Waals surface area (Å²) in [6.45, 7) is 3.38. The van der Waals surface area contributed by atoms with E-state index in [1.165, 1.54) is 12.1 Å². The second-order valence-electron chi connectivity index (χ2n) is 5.63. The van der Waals surface area contributed by atoms with Gasteiger partial charge in [-0.1, -0.05) is 44.2 Å². The Balaban J connectivity index is 2.40. The van der Waals surface area contributed by atoms with Gasteiger partial charge in [0.1, 0.15) is 5.84 Å². The van der Waals surface area contributed by atoms with Crippen molar-refractivity contribution in [2.75, 3.05) is 0 Å². The van der Waals surface area contributed by atoms with E-state index in [1.807, 2.05) is 0 Å². The zero-order valence-corrected chi connectivity index (χ0v) is 12.6. The Bertz CT molecular complexity index is 641. The quantitative estimate of drug-likeness (QED) is 0.888. The van der Waals surface area contributed by atoms with Crippen LogP contribution in [0.2, 0.25) is 0 Å². The largest absolute Gasteiger partial charge is 0.442 e. The van der Waals surface area contributed by atoms with Crippen LogP contribution in [0.15, 0.2) is 35.3 Å². The van der Waals surface area contributed by atoms with Crippen LogP contribution in [0.25, 0.3) is 0 Å². The lowest BCUT2D eigenvalue weighted by Crippen LogP contribution is -2.63. The predicted octanol–water partition coefficient (Wildman–Crippen LogP) is 1.98. The average Bonchev–Trinajstić information content (AvgIpc) is 2.77. The summed E-state index contributed by atoms with van der Waals surface area (Å²) in [7, 11) is 0. The van der Waals surface area contributed by atoms with Crippen LogP contribution in [0.5, 0.6) is 0 Å². The Morgan fingerprint density at radius 2 is 1.91 bits per heavy atom. The second-order valence-corrected chi connectivity index (χ2v) is 5.63. The van der Waals surface area contributed by atoms with Gasteiger partial charge >= 0.3 is 11.8 Å². The number of hydrogen-bond donors (Lipinski definition) is 2. The van der Waals surface area contributed by atoms with Gasteiger partial charge in [-0.05, 0) is 5.92 Å². The van der Waals surface area contributed by atoms with E-state index in [2.05, 4.69) is 10.3 Å². The molecule has 8 heteroatoms. The van der Waals surface area contributed by atoms with Crippen molar-refractivity contribution in [3.05, 3.63) is 35.9 Å². The van der Waals surface area contributed by atoms with Crippen LogP contribution in [-0.2, 0) is 9.59 Å². The Morgan fingerprint density at radius 1 is 1.30 bits per heavy atom. The van der Waals surface area contributed by atoms with Crippen molar-refractivity contribution < 1.29 is 22.8 Å². The van der Waals surface area contributed by atoms with E-state index < -0.39 is 23.7 Å². The zero-order valence-electron chi connectivity index (χ0n) is 12.6. The van der Waals surface area contributed by atoms with Gasteiger partial charge in [0.15, 0.2) is 0 Å². The Kier molecular flexibility index (Phi) is 4.44. The van der Waals surface area contributed by atoms with Crippen LogP contribution < -0.4 is 10.6 Å². The fourth-order valence-electron chi connectivity index (χ4n) is 2.15. The highest BCUT2D eigenvalue weighted by Crippen LogP contribution is 2.35. The topological polar surface area (TPSA) is 70.6 Å². The standard InChI is InChI=1S/C15H16F3N3O2/c1-9(2)8-11(22)20-14(15(16,17)18)13(23)19-12(21-14)10-6-4-3-5-7-10/h3-7,9H,8H2,1-2H3,(H,20,22)(H,19,21,23)/t14-/m1/s1. The maximum absolute atomic E-state index is 13.5. The van der Waals surface area contributed by atoms with Crippen LogP contribution in [-0.4, -0.2) is 29.5 Å². The van der Waals surface area contributed by atoms with E-state index in [-0.39, 0.29) is 18.2 Å². The van der Waals surface area contributed by atoms with Gasteiger partial charge in [-0.25, -0.2) is 4.99 Å². The zero-order chi connectivity index (χ0) is 17.3. The number of benzene rings is 1. The molecular weight excluding hydrogens is 311 g/mol. The molecule has 2 amide bonds. The smallest absolute Gasteiger partial charge is 0.316 e. The molecule has 1 heterocycles. The molecular formula is C15H16F3N3O2. The normalized spacial score (nSPS) is 21.1. The van der Waals surface area contributed by atoms with Gasteiger partial charge in [0, 0.05) is 12.0 Å². The van der Waals surface area contributed by atoms with E-state index in [1.54, 1.807) is 37.4 Å². The molecule has 1 aromatic rings. The molecule has 23 heavy (non-hydrogen) atoms. The van der Waals surface area contributed by atoms with Crippen molar-refractivity contribution in [3.8, 4) is 0 Å². The average molecular weight is 327 g/mol. The molecule has 0 unspecified atom stereocenters. The number of alkyl halides is 3. The van der Waals surface area contributed by atoms with Crippen LogP contribution in [0, 0.1) is 5.92 Å². The Labute approximate surface area is 131 Å². The number of nitrogens with zero attached hydrogens (tertiary/aromatic N) is 1. The molecule has 1 atom stereocenters. The van der Waals surface area contributed by atoms with Gasteiger partial charge in [-0.15, -0.1) is 0 Å². The molecule has 0 radical (unpaired) electrons. The predicted molar refractivity (Wildman–Crippen MR) is 77.5 cm³/mol. The minimum absolute atomic E-state index is 0.138. The molecule has 0 saturated carbocycles. The number of carbonyl (C=O) groups is 2. The molecule has 124 valence electrons. The highest BCUT2D eigenvalue weighted by molar-refractivity contribution is 6.16. The number of rotatable bonds is 4. The molecule has 2 N–H and O–H groups in total. The molecule has 0 saturated heterocycles. The number of nitrogens with one attached hydrogen (secondary N) is 2. The summed E-state index contributed by atoms with van der Waals surface area (Å²) in [6, 6.07) is 7.93. The minimum Gasteiger partial charge on any atom is -0.316 e. The third-order valence-electron chi connectivity index (χ3n) is 3.21. The number of carbonyl (C=O) groups excluding carboxylic acids is 2. The highest BCUT2D eigenvalue weighted by Gasteiger charge is 2.65. The van der Waals surface area contributed by atoms with Crippen LogP contribution in [0.4, 0.5) is 13.2 Å². The van der Waals surface area contributed by atoms with Gasteiger partial charge in [-0.2, -0.15) is 13.2 Å². The van der Waals surface area contributed by atoms with Crippen LogP contribution >= 0.6 is 0 Å². The van der Waals surface area contributed by atoms with E-state index in [4.69, 9.17) is 0 Å². The molecule has 0 spiro atoms.